The smallest absolute Gasteiger partial charge is 0.311 e. The van der Waals surface area contributed by atoms with Gasteiger partial charge in [-0.3, -0.25) is 9.59 Å². The largest absolute Gasteiger partial charge is 0.497 e. The quantitative estimate of drug-likeness (QED) is 0.740. The Bertz CT molecular complexity index is 741. The van der Waals surface area contributed by atoms with Gasteiger partial charge in [-0.1, -0.05) is 37.6 Å². The molecule has 2 aromatic rings. The first-order valence-corrected chi connectivity index (χ1v) is 8.65. The van der Waals surface area contributed by atoms with Gasteiger partial charge in [0.05, 0.1) is 13.5 Å². The molecule has 0 unspecified atom stereocenters. The van der Waals surface area contributed by atoms with Crippen LogP contribution in [0.15, 0.2) is 48.5 Å². The predicted octanol–water partition coefficient (Wildman–Crippen LogP) is 4.10. The summed E-state index contributed by atoms with van der Waals surface area (Å²) in [6, 6.07) is 13.9. The molecule has 0 radical (unpaired) electrons. The third-order valence-corrected chi connectivity index (χ3v) is 3.99. The van der Waals surface area contributed by atoms with Gasteiger partial charge in [0.25, 0.3) is 5.91 Å². The maximum Gasteiger partial charge on any atom is 0.311 e. The van der Waals surface area contributed by atoms with E-state index in [1.165, 1.54) is 0 Å². The number of benzene rings is 2. The number of carbonyl (C=O) groups is 2. The molecule has 1 amide bonds. The third kappa shape index (κ3) is 5.77. The van der Waals surface area contributed by atoms with E-state index in [9.17, 15) is 9.59 Å². The number of ether oxygens (including phenoxy) is 2. The molecule has 0 bridgehead atoms. The van der Waals surface area contributed by atoms with E-state index in [2.05, 4.69) is 5.32 Å². The summed E-state index contributed by atoms with van der Waals surface area (Å²) in [4.78, 5) is 24.7. The molecule has 1 atom stereocenters. The van der Waals surface area contributed by atoms with E-state index in [0.717, 1.165) is 5.56 Å². The third-order valence-electron chi connectivity index (χ3n) is 3.74. The molecule has 0 spiro atoms. The van der Waals surface area contributed by atoms with Crippen molar-refractivity contribution in [1.29, 1.82) is 0 Å². The summed E-state index contributed by atoms with van der Waals surface area (Å²) >= 11 is 5.83. The van der Waals surface area contributed by atoms with E-state index < -0.39 is 12.1 Å². The van der Waals surface area contributed by atoms with Crippen LogP contribution in [0, 0.1) is 5.92 Å². The van der Waals surface area contributed by atoms with E-state index >= 15 is 0 Å². The van der Waals surface area contributed by atoms with Gasteiger partial charge in [-0.2, -0.15) is 0 Å². The summed E-state index contributed by atoms with van der Waals surface area (Å²) in [6.45, 7) is 3.65. The zero-order valence-corrected chi connectivity index (χ0v) is 15.7. The molecular weight excluding hydrogens is 354 g/mol. The Labute approximate surface area is 158 Å². The Balaban J connectivity index is 1.98. The van der Waals surface area contributed by atoms with Crippen LogP contribution in [0.1, 0.15) is 19.4 Å². The van der Waals surface area contributed by atoms with Gasteiger partial charge >= 0.3 is 5.97 Å². The summed E-state index contributed by atoms with van der Waals surface area (Å²) in [5.74, 6) is -0.300. The minimum Gasteiger partial charge on any atom is -0.497 e. The molecule has 26 heavy (non-hydrogen) atoms. The molecule has 0 aliphatic heterocycles. The van der Waals surface area contributed by atoms with Crippen molar-refractivity contribution in [2.24, 2.45) is 5.92 Å². The van der Waals surface area contributed by atoms with Gasteiger partial charge in [-0.25, -0.2) is 0 Å². The molecule has 1 N–H and O–H groups in total. The van der Waals surface area contributed by atoms with Crippen molar-refractivity contribution in [3.8, 4) is 5.75 Å². The summed E-state index contributed by atoms with van der Waals surface area (Å²) in [6.07, 6.45) is -0.798. The highest BCUT2D eigenvalue weighted by molar-refractivity contribution is 6.30. The molecule has 0 saturated heterocycles. The van der Waals surface area contributed by atoms with Crippen molar-refractivity contribution in [3.05, 3.63) is 59.1 Å². The maximum absolute atomic E-state index is 12.5. The molecule has 0 aliphatic carbocycles. The summed E-state index contributed by atoms with van der Waals surface area (Å²) < 4.78 is 10.5. The summed E-state index contributed by atoms with van der Waals surface area (Å²) in [7, 11) is 1.57. The SMILES string of the molecule is COc1ccc(NC(=O)[C@@H](OC(=O)Cc2ccc(Cl)cc2)C(C)C)cc1. The highest BCUT2D eigenvalue weighted by Gasteiger charge is 2.26. The average Bonchev–Trinajstić information content (AvgIpc) is 2.62. The molecule has 0 saturated carbocycles. The fourth-order valence-electron chi connectivity index (χ4n) is 2.33. The van der Waals surface area contributed by atoms with E-state index in [0.29, 0.717) is 16.5 Å². The fraction of sp³-hybridized carbons (Fsp3) is 0.300. The Morgan fingerprint density at radius 2 is 1.65 bits per heavy atom. The Hall–Kier alpha value is -2.53. The van der Waals surface area contributed by atoms with Crippen LogP contribution in [-0.2, 0) is 20.7 Å². The zero-order chi connectivity index (χ0) is 19.1. The highest BCUT2D eigenvalue weighted by atomic mass is 35.5. The fourth-order valence-corrected chi connectivity index (χ4v) is 2.46. The lowest BCUT2D eigenvalue weighted by molar-refractivity contribution is -0.156. The van der Waals surface area contributed by atoms with Crippen molar-refractivity contribution < 1.29 is 19.1 Å². The van der Waals surface area contributed by atoms with Crippen LogP contribution in [0.5, 0.6) is 5.75 Å². The Morgan fingerprint density at radius 1 is 1.04 bits per heavy atom. The van der Waals surface area contributed by atoms with Crippen molar-refractivity contribution in [2.45, 2.75) is 26.4 Å². The minimum atomic E-state index is -0.878. The van der Waals surface area contributed by atoms with Crippen LogP contribution in [0.4, 0.5) is 5.69 Å². The first kappa shape index (κ1) is 19.8. The number of hydrogen-bond acceptors (Lipinski definition) is 4. The van der Waals surface area contributed by atoms with Crippen LogP contribution < -0.4 is 10.1 Å². The molecular formula is C20H22ClNO4. The van der Waals surface area contributed by atoms with Gasteiger partial charge in [0, 0.05) is 10.7 Å². The Kier molecular flexibility index (Phi) is 7.04. The molecule has 138 valence electrons. The van der Waals surface area contributed by atoms with Gasteiger partial charge in [0.2, 0.25) is 0 Å². The topological polar surface area (TPSA) is 64.6 Å². The van der Waals surface area contributed by atoms with E-state index in [-0.39, 0.29) is 18.2 Å². The summed E-state index contributed by atoms with van der Waals surface area (Å²) in [5.41, 5.74) is 1.38. The maximum atomic E-state index is 12.5. The number of methoxy groups -OCH3 is 1. The highest BCUT2D eigenvalue weighted by Crippen LogP contribution is 2.17. The van der Waals surface area contributed by atoms with Gasteiger partial charge in [0.15, 0.2) is 6.10 Å². The second-order valence-corrected chi connectivity index (χ2v) is 6.61. The van der Waals surface area contributed by atoms with Crippen molar-refractivity contribution in [3.63, 3.8) is 0 Å². The number of carbonyl (C=O) groups excluding carboxylic acids is 2. The molecule has 0 aromatic heterocycles. The van der Waals surface area contributed by atoms with Crippen LogP contribution in [0.2, 0.25) is 5.02 Å². The minimum absolute atomic E-state index is 0.0796. The number of rotatable bonds is 7. The average molecular weight is 376 g/mol. The molecule has 0 heterocycles. The first-order valence-electron chi connectivity index (χ1n) is 8.28. The summed E-state index contributed by atoms with van der Waals surface area (Å²) in [5, 5.41) is 3.36. The number of amides is 1. The monoisotopic (exact) mass is 375 g/mol. The molecule has 0 aliphatic rings. The number of esters is 1. The standard InChI is InChI=1S/C20H22ClNO4/c1-13(2)19(20(24)22-16-8-10-17(25-3)11-9-16)26-18(23)12-14-4-6-15(21)7-5-14/h4-11,13,19H,12H2,1-3H3,(H,22,24)/t19-/m0/s1. The second-order valence-electron chi connectivity index (χ2n) is 6.18. The van der Waals surface area contributed by atoms with E-state index in [1.807, 2.05) is 13.8 Å². The van der Waals surface area contributed by atoms with Crippen molar-refractivity contribution in [1.82, 2.24) is 0 Å². The predicted molar refractivity (Wildman–Crippen MR) is 101 cm³/mol. The van der Waals surface area contributed by atoms with Gasteiger partial charge in [0.1, 0.15) is 5.75 Å². The second kappa shape index (κ2) is 9.25. The molecule has 6 heteroatoms. The van der Waals surface area contributed by atoms with Crippen molar-refractivity contribution >= 4 is 29.2 Å². The lowest BCUT2D eigenvalue weighted by Crippen LogP contribution is -2.37. The first-order chi connectivity index (χ1) is 12.4. The van der Waals surface area contributed by atoms with Gasteiger partial charge < -0.3 is 14.8 Å². The van der Waals surface area contributed by atoms with Gasteiger partial charge in [-0.15, -0.1) is 0 Å². The van der Waals surface area contributed by atoms with E-state index in [4.69, 9.17) is 21.1 Å². The lowest BCUT2D eigenvalue weighted by Gasteiger charge is -2.21. The normalized spacial score (nSPS) is 11.7. The number of halogens is 1. The molecule has 2 rings (SSSR count). The van der Waals surface area contributed by atoms with E-state index in [1.54, 1.807) is 55.6 Å². The molecule has 2 aromatic carbocycles. The molecule has 5 nitrogen and oxygen atoms in total. The Morgan fingerprint density at radius 3 is 2.19 bits per heavy atom. The molecule has 0 fully saturated rings. The van der Waals surface area contributed by atoms with Crippen molar-refractivity contribution in [2.75, 3.05) is 12.4 Å². The number of anilines is 1. The zero-order valence-electron chi connectivity index (χ0n) is 15.0. The van der Waals surface area contributed by atoms with Crippen LogP contribution in [0.3, 0.4) is 0 Å². The number of hydrogen-bond donors (Lipinski definition) is 1. The van der Waals surface area contributed by atoms with Crippen LogP contribution in [0.25, 0.3) is 0 Å². The van der Waals surface area contributed by atoms with Gasteiger partial charge in [-0.05, 0) is 47.9 Å². The lowest BCUT2D eigenvalue weighted by atomic mass is 10.1. The van der Waals surface area contributed by atoms with Crippen LogP contribution in [-0.4, -0.2) is 25.1 Å². The number of nitrogens with one attached hydrogen (secondary N) is 1. The van der Waals surface area contributed by atoms with Crippen LogP contribution >= 0.6 is 11.6 Å².